The fourth-order valence-electron chi connectivity index (χ4n) is 1.94. The van der Waals surface area contributed by atoms with Gasteiger partial charge in [-0.05, 0) is 24.5 Å². The molecule has 0 aliphatic carbocycles. The van der Waals surface area contributed by atoms with Crippen LogP contribution in [0.2, 0.25) is 0 Å². The van der Waals surface area contributed by atoms with Crippen LogP contribution in [0.4, 0.5) is 5.69 Å². The lowest BCUT2D eigenvalue weighted by molar-refractivity contribution is 0.480. The van der Waals surface area contributed by atoms with E-state index in [9.17, 15) is 8.42 Å². The first kappa shape index (κ1) is 10.4. The normalized spacial score (nSPS) is 16.2. The van der Waals surface area contributed by atoms with Gasteiger partial charge in [0.15, 0.2) is 0 Å². The minimum Gasteiger partial charge on any atom is -0.355 e. The highest BCUT2D eigenvalue weighted by molar-refractivity contribution is 7.85. The molecule has 1 aromatic carbocycles. The minimum absolute atomic E-state index is 0.315. The van der Waals surface area contributed by atoms with E-state index in [2.05, 4.69) is 0 Å². The zero-order valence-corrected chi connectivity index (χ0v) is 9.07. The smallest absolute Gasteiger partial charge is 0.283 e. The molecule has 0 radical (unpaired) electrons. The molecule has 1 N–H and O–H groups in total. The van der Waals surface area contributed by atoms with Crippen LogP contribution in [0, 0.1) is 0 Å². The third-order valence-corrected chi connectivity index (χ3v) is 3.16. The van der Waals surface area contributed by atoms with Crippen molar-refractivity contribution in [3.05, 3.63) is 29.8 Å². The molecule has 1 aromatic rings. The van der Waals surface area contributed by atoms with Crippen LogP contribution in [0.25, 0.3) is 0 Å². The summed E-state index contributed by atoms with van der Waals surface area (Å²) in [6.45, 7) is 0.677. The van der Waals surface area contributed by atoms with E-state index in [1.54, 1.807) is 4.90 Å². The summed E-state index contributed by atoms with van der Waals surface area (Å²) in [5.74, 6) is -0.315. The van der Waals surface area contributed by atoms with Crippen LogP contribution in [-0.4, -0.2) is 25.4 Å². The molecule has 82 valence electrons. The lowest BCUT2D eigenvalue weighted by Gasteiger charge is -2.29. The van der Waals surface area contributed by atoms with Crippen LogP contribution in [0.1, 0.15) is 12.0 Å². The van der Waals surface area contributed by atoms with Gasteiger partial charge in [0.25, 0.3) is 10.1 Å². The molecule has 15 heavy (non-hydrogen) atoms. The molecule has 4 nitrogen and oxygen atoms in total. The number of benzene rings is 1. The average molecular weight is 227 g/mol. The molecule has 5 heteroatoms. The molecule has 0 saturated carbocycles. The van der Waals surface area contributed by atoms with E-state index < -0.39 is 10.1 Å². The van der Waals surface area contributed by atoms with Gasteiger partial charge in [0.1, 0.15) is 5.88 Å². The highest BCUT2D eigenvalue weighted by Gasteiger charge is 2.20. The lowest BCUT2D eigenvalue weighted by Crippen LogP contribution is -2.33. The van der Waals surface area contributed by atoms with E-state index in [0.29, 0.717) is 6.54 Å². The molecule has 0 atom stereocenters. The number of hydrogen-bond donors (Lipinski definition) is 1. The molecule has 0 aromatic heterocycles. The molecule has 0 spiro atoms. The number of nitrogens with zero attached hydrogens (tertiary/aromatic N) is 1. The highest BCUT2D eigenvalue weighted by Crippen LogP contribution is 2.26. The van der Waals surface area contributed by atoms with E-state index in [1.807, 2.05) is 24.3 Å². The number of aryl methyl sites for hydroxylation is 1. The second kappa shape index (κ2) is 3.83. The van der Waals surface area contributed by atoms with E-state index in [0.717, 1.165) is 24.1 Å². The van der Waals surface area contributed by atoms with Crippen molar-refractivity contribution in [2.45, 2.75) is 12.8 Å². The highest BCUT2D eigenvalue weighted by atomic mass is 32.2. The second-order valence-corrected chi connectivity index (χ2v) is 5.13. The lowest BCUT2D eigenvalue weighted by atomic mass is 10.0. The second-order valence-electron chi connectivity index (χ2n) is 3.71. The number of anilines is 1. The van der Waals surface area contributed by atoms with Gasteiger partial charge in [-0.2, -0.15) is 8.42 Å². The van der Waals surface area contributed by atoms with Gasteiger partial charge in [-0.15, -0.1) is 0 Å². The molecular formula is C10H13NO3S. The topological polar surface area (TPSA) is 57.6 Å². The third-order valence-electron chi connectivity index (χ3n) is 2.53. The van der Waals surface area contributed by atoms with Crippen LogP contribution < -0.4 is 4.90 Å². The Morgan fingerprint density at radius 1 is 1.33 bits per heavy atom. The Morgan fingerprint density at radius 2 is 2.07 bits per heavy atom. The van der Waals surface area contributed by atoms with Crippen molar-refractivity contribution in [3.63, 3.8) is 0 Å². The molecule has 0 unspecified atom stereocenters. The Bertz CT molecular complexity index is 455. The Morgan fingerprint density at radius 3 is 2.80 bits per heavy atom. The van der Waals surface area contributed by atoms with Crippen LogP contribution in [0.5, 0.6) is 0 Å². The Balaban J connectivity index is 2.30. The van der Waals surface area contributed by atoms with Crippen LogP contribution in [0.15, 0.2) is 24.3 Å². The van der Waals surface area contributed by atoms with Crippen molar-refractivity contribution in [1.29, 1.82) is 0 Å². The number of hydrogen-bond acceptors (Lipinski definition) is 3. The van der Waals surface area contributed by atoms with Crippen LogP contribution in [0.3, 0.4) is 0 Å². The van der Waals surface area contributed by atoms with Gasteiger partial charge in [-0.3, -0.25) is 4.55 Å². The van der Waals surface area contributed by atoms with Crippen molar-refractivity contribution in [3.8, 4) is 0 Å². The van der Waals surface area contributed by atoms with E-state index in [1.165, 1.54) is 0 Å². The van der Waals surface area contributed by atoms with Gasteiger partial charge in [0.05, 0.1) is 0 Å². The van der Waals surface area contributed by atoms with E-state index in [4.69, 9.17) is 4.55 Å². The van der Waals surface area contributed by atoms with Gasteiger partial charge in [0.2, 0.25) is 0 Å². The molecule has 0 fully saturated rings. The van der Waals surface area contributed by atoms with Gasteiger partial charge < -0.3 is 4.90 Å². The molecule has 2 rings (SSSR count). The monoisotopic (exact) mass is 227 g/mol. The van der Waals surface area contributed by atoms with Crippen molar-refractivity contribution in [2.75, 3.05) is 17.3 Å². The van der Waals surface area contributed by atoms with Crippen LogP contribution >= 0.6 is 0 Å². The first-order valence-electron chi connectivity index (χ1n) is 4.84. The summed E-state index contributed by atoms with van der Waals surface area (Å²) in [6.07, 6.45) is 1.89. The van der Waals surface area contributed by atoms with Crippen molar-refractivity contribution < 1.29 is 13.0 Å². The predicted octanol–water partition coefficient (Wildman–Crippen LogP) is 1.28. The largest absolute Gasteiger partial charge is 0.355 e. The minimum atomic E-state index is -3.94. The number of fused-ring (bicyclic) bond motifs is 1. The van der Waals surface area contributed by atoms with Crippen molar-refractivity contribution >= 4 is 15.8 Å². The quantitative estimate of drug-likeness (QED) is 0.773. The number of rotatable bonds is 2. The van der Waals surface area contributed by atoms with Gasteiger partial charge in [-0.1, -0.05) is 18.2 Å². The maximum Gasteiger partial charge on any atom is 0.283 e. The number of para-hydroxylation sites is 1. The van der Waals surface area contributed by atoms with Gasteiger partial charge in [-0.25, -0.2) is 0 Å². The zero-order chi connectivity index (χ0) is 10.9. The summed E-state index contributed by atoms with van der Waals surface area (Å²) >= 11 is 0. The van der Waals surface area contributed by atoms with Crippen molar-refractivity contribution in [2.24, 2.45) is 0 Å². The summed E-state index contributed by atoms with van der Waals surface area (Å²) < 4.78 is 30.5. The molecule has 1 heterocycles. The molecule has 1 aliphatic rings. The standard InChI is InChI=1S/C10H13NO3S/c12-15(13,14)8-11-7-3-5-9-4-1-2-6-10(9)11/h1-2,4,6H,3,5,7-8H2,(H,12,13,14). The summed E-state index contributed by atoms with van der Waals surface area (Å²) in [5.41, 5.74) is 2.06. The molecule has 1 aliphatic heterocycles. The van der Waals surface area contributed by atoms with Gasteiger partial charge >= 0.3 is 0 Å². The summed E-state index contributed by atoms with van der Waals surface area (Å²) in [6, 6.07) is 7.70. The summed E-state index contributed by atoms with van der Waals surface area (Å²) in [7, 11) is -3.94. The fourth-order valence-corrected chi connectivity index (χ4v) is 2.60. The Kier molecular flexibility index (Phi) is 2.67. The maximum absolute atomic E-state index is 10.8. The first-order valence-corrected chi connectivity index (χ1v) is 6.45. The summed E-state index contributed by atoms with van der Waals surface area (Å²) in [4.78, 5) is 1.70. The SMILES string of the molecule is O=S(=O)(O)CN1CCCc2ccccc21. The zero-order valence-electron chi connectivity index (χ0n) is 8.26. The third kappa shape index (κ3) is 2.49. The van der Waals surface area contributed by atoms with E-state index >= 15 is 0 Å². The molecule has 0 amide bonds. The van der Waals surface area contributed by atoms with E-state index in [-0.39, 0.29) is 5.88 Å². The van der Waals surface area contributed by atoms with Gasteiger partial charge in [0, 0.05) is 12.2 Å². The van der Waals surface area contributed by atoms with Crippen LogP contribution in [-0.2, 0) is 16.5 Å². The molecular weight excluding hydrogens is 214 g/mol. The first-order chi connectivity index (χ1) is 7.06. The van der Waals surface area contributed by atoms with Crippen molar-refractivity contribution in [1.82, 2.24) is 0 Å². The maximum atomic E-state index is 10.8. The molecule has 0 saturated heterocycles. The summed E-state index contributed by atoms with van der Waals surface area (Å²) in [5, 5.41) is 0. The molecule has 0 bridgehead atoms. The average Bonchev–Trinajstić information content (AvgIpc) is 2.16. The fraction of sp³-hybridized carbons (Fsp3) is 0.400. The Labute approximate surface area is 89.3 Å². The Hall–Kier alpha value is -1.07. The predicted molar refractivity (Wildman–Crippen MR) is 58.5 cm³/mol.